The fraction of sp³-hybridized carbons (Fsp3) is 0.579. The van der Waals surface area contributed by atoms with Crippen LogP contribution in [-0.4, -0.2) is 41.5 Å². The van der Waals surface area contributed by atoms with Crippen LogP contribution in [0.1, 0.15) is 45.6 Å². The molecule has 0 spiro atoms. The number of benzene rings is 1. The number of likely N-dealkylation sites (tertiary alicyclic amines) is 1. The first-order valence-corrected chi connectivity index (χ1v) is 9.15. The first kappa shape index (κ1) is 19.7. The Labute approximate surface area is 154 Å². The van der Waals surface area contributed by atoms with Crippen LogP contribution in [-0.2, 0) is 20.9 Å². The van der Waals surface area contributed by atoms with Gasteiger partial charge in [0.05, 0.1) is 6.10 Å². The molecule has 0 bridgehead atoms. The lowest BCUT2D eigenvalue weighted by Gasteiger charge is -2.34. The average molecular weight is 367 g/mol. The molecule has 1 atom stereocenters. The number of nitrogens with one attached hydrogen (secondary N) is 1. The van der Waals surface area contributed by atoms with Crippen LogP contribution in [0.5, 0.6) is 0 Å². The number of hydrogen-bond acceptors (Lipinski definition) is 3. The minimum Gasteiger partial charge on any atom is -0.379 e. The topological polar surface area (TPSA) is 58.6 Å². The highest BCUT2D eigenvalue weighted by atomic mass is 35.5. The Morgan fingerprint density at radius 2 is 2.04 bits per heavy atom. The fourth-order valence-electron chi connectivity index (χ4n) is 2.95. The summed E-state index contributed by atoms with van der Waals surface area (Å²) in [6.07, 6.45) is 1.88. The van der Waals surface area contributed by atoms with E-state index in [-0.39, 0.29) is 17.9 Å². The summed E-state index contributed by atoms with van der Waals surface area (Å²) in [6.45, 7) is 7.38. The summed E-state index contributed by atoms with van der Waals surface area (Å²) in [7, 11) is 0. The molecule has 0 unspecified atom stereocenters. The molecule has 1 aliphatic heterocycles. The molecule has 25 heavy (non-hydrogen) atoms. The predicted octanol–water partition coefficient (Wildman–Crippen LogP) is 3.15. The van der Waals surface area contributed by atoms with Gasteiger partial charge in [0.25, 0.3) is 0 Å². The molecule has 2 rings (SSSR count). The zero-order valence-corrected chi connectivity index (χ0v) is 15.9. The molecule has 1 heterocycles. The van der Waals surface area contributed by atoms with Gasteiger partial charge in [0.1, 0.15) is 5.54 Å². The third kappa shape index (κ3) is 5.19. The lowest BCUT2D eigenvalue weighted by atomic mass is 9.97. The van der Waals surface area contributed by atoms with Gasteiger partial charge >= 0.3 is 0 Å². The minimum atomic E-state index is -0.810. The van der Waals surface area contributed by atoms with Gasteiger partial charge < -0.3 is 15.0 Å². The maximum Gasteiger partial charge on any atom is 0.245 e. The molecule has 1 fully saturated rings. The van der Waals surface area contributed by atoms with E-state index >= 15 is 0 Å². The zero-order chi connectivity index (χ0) is 18.4. The Morgan fingerprint density at radius 1 is 1.36 bits per heavy atom. The SMILES string of the molecule is CC(C)OCCCNC(=O)[C@@]1(C)CCC(=O)N1Cc1ccc(Cl)cc1. The highest BCUT2D eigenvalue weighted by molar-refractivity contribution is 6.30. The number of rotatable bonds is 8. The molecule has 1 aromatic carbocycles. The molecular weight excluding hydrogens is 340 g/mol. The summed E-state index contributed by atoms with van der Waals surface area (Å²) in [5.74, 6) is -0.0902. The van der Waals surface area contributed by atoms with E-state index in [9.17, 15) is 9.59 Å². The van der Waals surface area contributed by atoms with E-state index in [0.29, 0.717) is 37.6 Å². The number of amides is 2. The minimum absolute atomic E-state index is 0.00995. The van der Waals surface area contributed by atoms with Gasteiger partial charge in [-0.3, -0.25) is 9.59 Å². The van der Waals surface area contributed by atoms with Crippen molar-refractivity contribution in [3.05, 3.63) is 34.9 Å². The Bertz CT molecular complexity index is 603. The van der Waals surface area contributed by atoms with E-state index < -0.39 is 5.54 Å². The quantitative estimate of drug-likeness (QED) is 0.719. The van der Waals surface area contributed by atoms with Gasteiger partial charge in [0, 0.05) is 31.1 Å². The molecule has 5 nitrogen and oxygen atoms in total. The van der Waals surface area contributed by atoms with Gasteiger partial charge in [-0.05, 0) is 51.3 Å². The monoisotopic (exact) mass is 366 g/mol. The molecule has 6 heteroatoms. The van der Waals surface area contributed by atoms with E-state index in [0.717, 1.165) is 12.0 Å². The van der Waals surface area contributed by atoms with E-state index in [1.54, 1.807) is 17.0 Å². The van der Waals surface area contributed by atoms with Crippen LogP contribution in [0.25, 0.3) is 0 Å². The van der Waals surface area contributed by atoms with Gasteiger partial charge in [0.2, 0.25) is 11.8 Å². The third-order valence-corrected chi connectivity index (χ3v) is 4.78. The summed E-state index contributed by atoms with van der Waals surface area (Å²) >= 11 is 5.91. The van der Waals surface area contributed by atoms with Crippen LogP contribution in [0.2, 0.25) is 5.02 Å². The number of carbonyl (C=O) groups excluding carboxylic acids is 2. The van der Waals surface area contributed by atoms with Crippen molar-refractivity contribution in [2.24, 2.45) is 0 Å². The molecule has 0 aliphatic carbocycles. The lowest BCUT2D eigenvalue weighted by Crippen LogP contribution is -2.54. The van der Waals surface area contributed by atoms with Gasteiger partial charge in [-0.2, -0.15) is 0 Å². The van der Waals surface area contributed by atoms with Crippen molar-refractivity contribution in [1.82, 2.24) is 10.2 Å². The van der Waals surface area contributed by atoms with Crippen molar-refractivity contribution < 1.29 is 14.3 Å². The highest BCUT2D eigenvalue weighted by Crippen LogP contribution is 2.32. The largest absolute Gasteiger partial charge is 0.379 e. The second kappa shape index (κ2) is 8.68. The van der Waals surface area contributed by atoms with Crippen LogP contribution in [0.15, 0.2) is 24.3 Å². The Hall–Kier alpha value is -1.59. The Balaban J connectivity index is 1.95. The normalized spacial score (nSPS) is 20.4. The molecule has 0 saturated carbocycles. The summed E-state index contributed by atoms with van der Waals surface area (Å²) in [5.41, 5.74) is 0.152. The van der Waals surface area contributed by atoms with Gasteiger partial charge in [-0.15, -0.1) is 0 Å². The van der Waals surface area contributed by atoms with Crippen molar-refractivity contribution in [2.75, 3.05) is 13.2 Å². The van der Waals surface area contributed by atoms with Gasteiger partial charge in [0.15, 0.2) is 0 Å². The van der Waals surface area contributed by atoms with E-state index in [4.69, 9.17) is 16.3 Å². The average Bonchev–Trinajstić information content (AvgIpc) is 2.85. The van der Waals surface area contributed by atoms with Crippen molar-refractivity contribution >= 4 is 23.4 Å². The Morgan fingerprint density at radius 3 is 2.68 bits per heavy atom. The second-order valence-corrected chi connectivity index (χ2v) is 7.35. The maximum absolute atomic E-state index is 12.7. The van der Waals surface area contributed by atoms with Crippen LogP contribution in [0.3, 0.4) is 0 Å². The van der Waals surface area contributed by atoms with E-state index in [1.165, 1.54) is 0 Å². The Kier molecular flexibility index (Phi) is 6.85. The van der Waals surface area contributed by atoms with Crippen molar-refractivity contribution in [1.29, 1.82) is 0 Å². The standard InChI is InChI=1S/C19H27ClN2O3/c1-14(2)25-12-4-11-21-18(24)19(3)10-9-17(23)22(19)13-15-5-7-16(20)8-6-15/h5-8,14H,4,9-13H2,1-3H3,(H,21,24)/t19-/m1/s1. The molecule has 0 radical (unpaired) electrons. The number of carbonyl (C=O) groups is 2. The van der Waals surface area contributed by atoms with E-state index in [1.807, 2.05) is 32.9 Å². The summed E-state index contributed by atoms with van der Waals surface area (Å²) in [4.78, 5) is 26.7. The van der Waals surface area contributed by atoms with Crippen LogP contribution < -0.4 is 5.32 Å². The summed E-state index contributed by atoms with van der Waals surface area (Å²) in [6, 6.07) is 7.36. The first-order valence-electron chi connectivity index (χ1n) is 8.78. The maximum atomic E-state index is 12.7. The molecule has 1 aromatic rings. The van der Waals surface area contributed by atoms with Gasteiger partial charge in [-0.1, -0.05) is 23.7 Å². The van der Waals surface area contributed by atoms with Crippen molar-refractivity contribution in [2.45, 2.75) is 58.2 Å². The molecular formula is C19H27ClN2O3. The molecule has 2 amide bonds. The smallest absolute Gasteiger partial charge is 0.245 e. The molecule has 1 N–H and O–H groups in total. The molecule has 1 aliphatic rings. The van der Waals surface area contributed by atoms with Crippen LogP contribution >= 0.6 is 11.6 Å². The zero-order valence-electron chi connectivity index (χ0n) is 15.2. The first-order chi connectivity index (χ1) is 11.8. The highest BCUT2D eigenvalue weighted by Gasteiger charge is 2.46. The number of ether oxygens (including phenoxy) is 1. The molecule has 1 saturated heterocycles. The van der Waals surface area contributed by atoms with Crippen LogP contribution in [0, 0.1) is 0 Å². The summed E-state index contributed by atoms with van der Waals surface area (Å²) < 4.78 is 5.47. The predicted molar refractivity (Wildman–Crippen MR) is 98.4 cm³/mol. The van der Waals surface area contributed by atoms with Crippen molar-refractivity contribution in [3.8, 4) is 0 Å². The molecule has 0 aromatic heterocycles. The summed E-state index contributed by atoms with van der Waals surface area (Å²) in [5, 5.41) is 3.60. The number of halogens is 1. The number of nitrogens with zero attached hydrogens (tertiary/aromatic N) is 1. The van der Waals surface area contributed by atoms with E-state index in [2.05, 4.69) is 5.32 Å². The van der Waals surface area contributed by atoms with Crippen LogP contribution in [0.4, 0.5) is 0 Å². The second-order valence-electron chi connectivity index (χ2n) is 6.91. The third-order valence-electron chi connectivity index (χ3n) is 4.52. The number of hydrogen-bond donors (Lipinski definition) is 1. The van der Waals surface area contributed by atoms with Gasteiger partial charge in [-0.25, -0.2) is 0 Å². The fourth-order valence-corrected chi connectivity index (χ4v) is 3.08. The lowest BCUT2D eigenvalue weighted by molar-refractivity contribution is -0.141. The molecule has 138 valence electrons. The van der Waals surface area contributed by atoms with Crippen molar-refractivity contribution in [3.63, 3.8) is 0 Å².